The van der Waals surface area contributed by atoms with Gasteiger partial charge in [-0.3, -0.25) is 0 Å². The van der Waals surface area contributed by atoms with E-state index in [1.807, 2.05) is 24.3 Å². The zero-order valence-corrected chi connectivity index (χ0v) is 16.7. The van der Waals surface area contributed by atoms with E-state index in [-0.39, 0.29) is 0 Å². The van der Waals surface area contributed by atoms with E-state index >= 15 is 0 Å². The average molecular weight is 416 g/mol. The van der Waals surface area contributed by atoms with Gasteiger partial charge in [-0.05, 0) is 24.5 Å². The van der Waals surface area contributed by atoms with E-state index in [1.165, 1.54) is 44.9 Å². The molecule has 1 saturated carbocycles. The topological polar surface area (TPSA) is 116 Å². The molecule has 0 saturated heterocycles. The summed E-state index contributed by atoms with van der Waals surface area (Å²) in [6.45, 7) is 1.39. The van der Waals surface area contributed by atoms with Gasteiger partial charge in [0.25, 0.3) is 0 Å². The van der Waals surface area contributed by atoms with Gasteiger partial charge in [-0.25, -0.2) is 9.59 Å². The third-order valence-electron chi connectivity index (χ3n) is 4.46. The Balaban J connectivity index is 0.000000568. The van der Waals surface area contributed by atoms with Gasteiger partial charge >= 0.3 is 11.9 Å². The number of hydrogen-bond donors (Lipinski definition) is 4. The molecule has 158 valence electrons. The predicted molar refractivity (Wildman–Crippen MR) is 106 cm³/mol. The molecule has 8 heteroatoms. The van der Waals surface area contributed by atoms with Crippen LogP contribution in [-0.4, -0.2) is 52.6 Å². The summed E-state index contributed by atoms with van der Waals surface area (Å²) in [5.74, 6) is -3.65. The fraction of sp³-hybridized carbons (Fsp3) is 0.600. The number of nitrogens with one attached hydrogen (secondary N) is 1. The molecule has 1 unspecified atom stereocenters. The summed E-state index contributed by atoms with van der Waals surface area (Å²) in [5.41, 5.74) is 0.962. The Bertz CT molecular complexity index is 578. The zero-order chi connectivity index (χ0) is 20.8. The van der Waals surface area contributed by atoms with Crippen molar-refractivity contribution in [3.63, 3.8) is 0 Å². The average Bonchev–Trinajstić information content (AvgIpc) is 2.63. The Morgan fingerprint density at radius 3 is 2.21 bits per heavy atom. The Kier molecular flexibility index (Phi) is 12.5. The van der Waals surface area contributed by atoms with Crippen LogP contribution in [-0.2, 0) is 20.9 Å². The van der Waals surface area contributed by atoms with Crippen molar-refractivity contribution < 1.29 is 29.6 Å². The van der Waals surface area contributed by atoms with Crippen LogP contribution in [0.4, 0.5) is 0 Å². The highest BCUT2D eigenvalue weighted by Gasteiger charge is 2.13. The lowest BCUT2D eigenvalue weighted by Gasteiger charge is -2.22. The van der Waals surface area contributed by atoms with E-state index < -0.39 is 18.0 Å². The van der Waals surface area contributed by atoms with E-state index in [9.17, 15) is 5.11 Å². The molecule has 28 heavy (non-hydrogen) atoms. The van der Waals surface area contributed by atoms with Gasteiger partial charge in [0.2, 0.25) is 0 Å². The number of hydrogen-bond acceptors (Lipinski definition) is 5. The maximum atomic E-state index is 10.0. The van der Waals surface area contributed by atoms with Crippen LogP contribution >= 0.6 is 11.6 Å². The quantitative estimate of drug-likeness (QED) is 0.505. The highest BCUT2D eigenvalue weighted by molar-refractivity contribution is 6.31. The number of aliphatic hydroxyl groups excluding tert-OH is 1. The molecule has 4 N–H and O–H groups in total. The Hall–Kier alpha value is -1.67. The van der Waals surface area contributed by atoms with Gasteiger partial charge < -0.3 is 25.4 Å². The summed E-state index contributed by atoms with van der Waals surface area (Å²) in [6.07, 6.45) is 8.68. The van der Waals surface area contributed by atoms with Crippen molar-refractivity contribution in [3.8, 4) is 0 Å². The summed E-state index contributed by atoms with van der Waals surface area (Å²) < 4.78 is 5.57. The highest BCUT2D eigenvalue weighted by Crippen LogP contribution is 2.17. The van der Waals surface area contributed by atoms with E-state index in [4.69, 9.17) is 36.1 Å². The molecule has 0 heterocycles. The number of carboxylic acid groups (broad SMARTS) is 2. The zero-order valence-electron chi connectivity index (χ0n) is 16.0. The van der Waals surface area contributed by atoms with Gasteiger partial charge in [0.1, 0.15) is 0 Å². The number of ether oxygens (including phenoxy) is 1. The smallest absolute Gasteiger partial charge is 0.414 e. The molecular formula is C20H30ClNO6. The Morgan fingerprint density at radius 2 is 1.64 bits per heavy atom. The van der Waals surface area contributed by atoms with E-state index in [0.717, 1.165) is 5.56 Å². The Morgan fingerprint density at radius 1 is 1.07 bits per heavy atom. The molecule has 1 aliphatic carbocycles. The fourth-order valence-corrected chi connectivity index (χ4v) is 3.13. The first-order valence-corrected chi connectivity index (χ1v) is 9.96. The molecule has 0 radical (unpaired) electrons. The number of carboxylic acids is 2. The number of carbonyl (C=O) groups is 2. The number of rotatable bonds is 7. The van der Waals surface area contributed by atoms with Crippen LogP contribution in [0.5, 0.6) is 0 Å². The monoisotopic (exact) mass is 415 g/mol. The SMILES string of the molecule is O=C(O)C(=O)O.OC(CNC1CCCCCCC1)COCc1ccccc1Cl. The van der Waals surface area contributed by atoms with Crippen molar-refractivity contribution in [1.29, 1.82) is 0 Å². The summed E-state index contributed by atoms with van der Waals surface area (Å²) in [7, 11) is 0. The van der Waals surface area contributed by atoms with Gasteiger partial charge in [0.05, 0.1) is 19.3 Å². The molecule has 0 aliphatic heterocycles. The van der Waals surface area contributed by atoms with Crippen molar-refractivity contribution in [2.45, 2.75) is 63.7 Å². The van der Waals surface area contributed by atoms with Crippen molar-refractivity contribution in [2.24, 2.45) is 0 Å². The van der Waals surface area contributed by atoms with Crippen LogP contribution in [0, 0.1) is 0 Å². The van der Waals surface area contributed by atoms with Crippen LogP contribution in [0.3, 0.4) is 0 Å². The molecule has 1 aromatic rings. The second-order valence-electron chi connectivity index (χ2n) is 6.82. The first kappa shape index (κ1) is 24.4. The molecule has 1 atom stereocenters. The van der Waals surface area contributed by atoms with Crippen LogP contribution in [0.2, 0.25) is 5.02 Å². The molecule has 1 fully saturated rings. The summed E-state index contributed by atoms with van der Waals surface area (Å²) in [6, 6.07) is 8.20. The van der Waals surface area contributed by atoms with Crippen molar-refractivity contribution >= 4 is 23.5 Å². The van der Waals surface area contributed by atoms with Gasteiger partial charge in [0, 0.05) is 17.6 Å². The van der Waals surface area contributed by atoms with Gasteiger partial charge in [0.15, 0.2) is 0 Å². The molecule has 0 bridgehead atoms. The fourth-order valence-electron chi connectivity index (χ4n) is 2.94. The lowest BCUT2D eigenvalue weighted by atomic mass is 9.96. The van der Waals surface area contributed by atoms with Gasteiger partial charge in [-0.1, -0.05) is 61.9 Å². The number of aliphatic hydroxyl groups is 1. The molecule has 0 aromatic heterocycles. The summed E-state index contributed by atoms with van der Waals surface area (Å²) >= 11 is 6.08. The number of benzene rings is 1. The van der Waals surface area contributed by atoms with E-state index in [2.05, 4.69) is 5.32 Å². The predicted octanol–water partition coefficient (Wildman–Crippen LogP) is 3.08. The minimum atomic E-state index is -1.82. The lowest BCUT2D eigenvalue weighted by Crippen LogP contribution is -2.37. The van der Waals surface area contributed by atoms with Crippen LogP contribution in [0.1, 0.15) is 50.5 Å². The van der Waals surface area contributed by atoms with Crippen molar-refractivity contribution in [2.75, 3.05) is 13.2 Å². The lowest BCUT2D eigenvalue weighted by molar-refractivity contribution is -0.159. The largest absolute Gasteiger partial charge is 0.473 e. The van der Waals surface area contributed by atoms with Crippen LogP contribution < -0.4 is 5.32 Å². The van der Waals surface area contributed by atoms with Crippen molar-refractivity contribution in [3.05, 3.63) is 34.9 Å². The van der Waals surface area contributed by atoms with Crippen molar-refractivity contribution in [1.82, 2.24) is 5.32 Å². The van der Waals surface area contributed by atoms with Gasteiger partial charge in [-0.2, -0.15) is 0 Å². The molecule has 0 amide bonds. The van der Waals surface area contributed by atoms with E-state index in [1.54, 1.807) is 0 Å². The minimum absolute atomic E-state index is 0.338. The van der Waals surface area contributed by atoms with Crippen LogP contribution in [0.25, 0.3) is 0 Å². The maximum absolute atomic E-state index is 10.0. The van der Waals surface area contributed by atoms with E-state index in [0.29, 0.717) is 30.8 Å². The summed E-state index contributed by atoms with van der Waals surface area (Å²) in [5, 5.41) is 29.0. The van der Waals surface area contributed by atoms with Crippen LogP contribution in [0.15, 0.2) is 24.3 Å². The Labute approximate surface area is 170 Å². The molecule has 1 aromatic carbocycles. The second kappa shape index (κ2) is 14.3. The first-order chi connectivity index (χ1) is 13.4. The molecule has 1 aliphatic rings. The normalized spacial score (nSPS) is 16.2. The third kappa shape index (κ3) is 11.2. The molecule has 2 rings (SSSR count). The maximum Gasteiger partial charge on any atom is 0.414 e. The minimum Gasteiger partial charge on any atom is -0.473 e. The molecular weight excluding hydrogens is 386 g/mol. The molecule has 7 nitrogen and oxygen atoms in total. The summed E-state index contributed by atoms with van der Waals surface area (Å²) in [4.78, 5) is 18.2. The second-order valence-corrected chi connectivity index (χ2v) is 7.23. The third-order valence-corrected chi connectivity index (χ3v) is 4.82. The highest BCUT2D eigenvalue weighted by atomic mass is 35.5. The van der Waals surface area contributed by atoms with Gasteiger partial charge in [-0.15, -0.1) is 0 Å². The first-order valence-electron chi connectivity index (χ1n) is 9.59. The number of aliphatic carboxylic acids is 2. The number of halogens is 1. The molecule has 0 spiro atoms. The standard InChI is InChI=1S/C18H28ClNO2.C2H2O4/c19-18-11-7-6-8-15(18)13-22-14-17(21)12-20-16-9-4-2-1-3-5-10-16;3-1(4)2(5)6/h6-8,11,16-17,20-21H,1-5,9-10,12-14H2;(H,3,4)(H,5,6).